The largest absolute Gasteiger partial charge is 0.481 e. The van der Waals surface area contributed by atoms with Gasteiger partial charge in [0.25, 0.3) is 5.91 Å². The lowest BCUT2D eigenvalue weighted by Crippen LogP contribution is -2.15. The van der Waals surface area contributed by atoms with Crippen LogP contribution >= 0.6 is 0 Å². The highest BCUT2D eigenvalue weighted by molar-refractivity contribution is 6.05. The van der Waals surface area contributed by atoms with Crippen molar-refractivity contribution in [3.63, 3.8) is 0 Å². The summed E-state index contributed by atoms with van der Waals surface area (Å²) in [7, 11) is 1.60. The summed E-state index contributed by atoms with van der Waals surface area (Å²) in [5.41, 5.74) is 5.72. The van der Waals surface area contributed by atoms with Crippen LogP contribution in [0.15, 0.2) is 60.8 Å². The van der Waals surface area contributed by atoms with E-state index in [1.165, 1.54) is 5.56 Å². The second kappa shape index (κ2) is 7.85. The van der Waals surface area contributed by atoms with Gasteiger partial charge in [0.1, 0.15) is 0 Å². The van der Waals surface area contributed by atoms with Crippen LogP contribution in [0.1, 0.15) is 42.3 Å². The van der Waals surface area contributed by atoms with E-state index in [0.717, 1.165) is 22.4 Å². The Morgan fingerprint density at radius 3 is 2.39 bits per heavy atom. The van der Waals surface area contributed by atoms with Crippen LogP contribution in [0.3, 0.4) is 0 Å². The van der Waals surface area contributed by atoms with E-state index in [1.54, 1.807) is 13.3 Å². The fraction of sp³-hybridized carbons (Fsp3) is 0.250. The van der Waals surface area contributed by atoms with Gasteiger partial charge in [0.05, 0.1) is 7.11 Å². The first kappa shape index (κ1) is 19.6. The topological polar surface area (TPSA) is 51.2 Å². The Morgan fingerprint density at radius 2 is 1.75 bits per heavy atom. The minimum Gasteiger partial charge on any atom is -0.481 e. The highest BCUT2D eigenvalue weighted by atomic mass is 16.5. The number of carbonyl (C=O) groups is 1. The maximum absolute atomic E-state index is 12.7. The average molecular weight is 374 g/mol. The highest BCUT2D eigenvalue weighted by Crippen LogP contribution is 2.30. The molecular formula is C24H26N2O2. The minimum absolute atomic E-state index is 0.0610. The van der Waals surface area contributed by atoms with Crippen molar-refractivity contribution >= 4 is 11.6 Å². The lowest BCUT2D eigenvalue weighted by atomic mass is 9.86. The minimum atomic E-state index is -0.118. The van der Waals surface area contributed by atoms with E-state index in [0.29, 0.717) is 11.4 Å². The number of anilines is 1. The normalized spacial score (nSPS) is 11.2. The van der Waals surface area contributed by atoms with Crippen LogP contribution in [0.25, 0.3) is 11.1 Å². The molecule has 0 aliphatic carbocycles. The summed E-state index contributed by atoms with van der Waals surface area (Å²) in [6.45, 7) is 8.47. The maximum Gasteiger partial charge on any atom is 0.255 e. The van der Waals surface area contributed by atoms with Gasteiger partial charge in [0.15, 0.2) is 0 Å². The van der Waals surface area contributed by atoms with Crippen LogP contribution in [0.2, 0.25) is 0 Å². The predicted octanol–water partition coefficient (Wildman–Crippen LogP) is 5.62. The van der Waals surface area contributed by atoms with Gasteiger partial charge in [0.2, 0.25) is 5.88 Å². The Bertz CT molecular complexity index is 986. The zero-order chi connectivity index (χ0) is 20.3. The first-order valence-corrected chi connectivity index (χ1v) is 9.31. The first-order chi connectivity index (χ1) is 13.3. The Hall–Kier alpha value is -3.14. The van der Waals surface area contributed by atoms with Gasteiger partial charge in [-0.15, -0.1) is 0 Å². The molecular weight excluding hydrogens is 348 g/mol. The van der Waals surface area contributed by atoms with Crippen molar-refractivity contribution in [3.05, 3.63) is 77.5 Å². The number of pyridine rings is 1. The van der Waals surface area contributed by atoms with Crippen LogP contribution in [0.4, 0.5) is 5.69 Å². The summed E-state index contributed by atoms with van der Waals surface area (Å²) < 4.78 is 5.22. The second-order valence-electron chi connectivity index (χ2n) is 7.85. The molecule has 1 amide bonds. The van der Waals surface area contributed by atoms with E-state index in [9.17, 15) is 4.79 Å². The molecule has 3 rings (SSSR count). The van der Waals surface area contributed by atoms with Crippen LogP contribution < -0.4 is 10.1 Å². The zero-order valence-electron chi connectivity index (χ0n) is 17.0. The van der Waals surface area contributed by atoms with Crippen LogP contribution in [0, 0.1) is 6.92 Å². The standard InChI is InChI=1S/C24H26N2O2/c1-16-20(18-13-14-25-22(15-18)28-5)7-6-8-21(16)26-23(27)17-9-11-19(12-10-17)24(2,3)4/h6-15H,1-5H3,(H,26,27). The molecule has 0 saturated carbocycles. The van der Waals surface area contributed by atoms with Crippen molar-refractivity contribution in [2.45, 2.75) is 33.1 Å². The highest BCUT2D eigenvalue weighted by Gasteiger charge is 2.15. The summed E-state index contributed by atoms with van der Waals surface area (Å²) in [5, 5.41) is 3.04. The van der Waals surface area contributed by atoms with Crippen molar-refractivity contribution in [3.8, 4) is 17.0 Å². The molecule has 0 bridgehead atoms. The molecule has 0 atom stereocenters. The van der Waals surface area contributed by atoms with Gasteiger partial charge in [-0.3, -0.25) is 4.79 Å². The zero-order valence-corrected chi connectivity index (χ0v) is 17.0. The Balaban J connectivity index is 1.85. The fourth-order valence-corrected chi connectivity index (χ4v) is 3.09. The summed E-state index contributed by atoms with van der Waals surface area (Å²) in [4.78, 5) is 16.9. The predicted molar refractivity (Wildman–Crippen MR) is 114 cm³/mol. The third kappa shape index (κ3) is 4.22. The molecule has 1 heterocycles. The van der Waals surface area contributed by atoms with Gasteiger partial charge in [0, 0.05) is 23.5 Å². The van der Waals surface area contributed by atoms with E-state index in [-0.39, 0.29) is 11.3 Å². The van der Waals surface area contributed by atoms with E-state index in [4.69, 9.17) is 4.74 Å². The van der Waals surface area contributed by atoms with Gasteiger partial charge >= 0.3 is 0 Å². The molecule has 0 spiro atoms. The SMILES string of the molecule is COc1cc(-c2cccc(NC(=O)c3ccc(C(C)(C)C)cc3)c2C)ccn1. The van der Waals surface area contributed by atoms with E-state index < -0.39 is 0 Å². The van der Waals surface area contributed by atoms with E-state index in [2.05, 4.69) is 31.1 Å². The number of amides is 1. The van der Waals surface area contributed by atoms with Gasteiger partial charge in [-0.25, -0.2) is 4.98 Å². The molecule has 0 saturated heterocycles. The molecule has 2 aromatic carbocycles. The monoisotopic (exact) mass is 374 g/mol. The molecule has 0 aliphatic heterocycles. The number of rotatable bonds is 4. The molecule has 0 radical (unpaired) electrons. The quantitative estimate of drug-likeness (QED) is 0.645. The molecule has 0 fully saturated rings. The Kier molecular flexibility index (Phi) is 5.50. The third-order valence-corrected chi connectivity index (χ3v) is 4.85. The van der Waals surface area contributed by atoms with Crippen LogP contribution in [0.5, 0.6) is 5.88 Å². The number of carbonyl (C=O) groups excluding carboxylic acids is 1. The number of methoxy groups -OCH3 is 1. The summed E-state index contributed by atoms with van der Waals surface area (Å²) in [6.07, 6.45) is 1.72. The number of nitrogens with zero attached hydrogens (tertiary/aromatic N) is 1. The average Bonchev–Trinajstić information content (AvgIpc) is 2.69. The summed E-state index contributed by atoms with van der Waals surface area (Å²) >= 11 is 0. The molecule has 0 aliphatic rings. The number of benzene rings is 2. The molecule has 1 N–H and O–H groups in total. The molecule has 4 heteroatoms. The van der Waals surface area contributed by atoms with Crippen molar-refractivity contribution in [1.82, 2.24) is 4.98 Å². The van der Waals surface area contributed by atoms with Crippen molar-refractivity contribution < 1.29 is 9.53 Å². The van der Waals surface area contributed by atoms with Crippen LogP contribution in [-0.2, 0) is 5.41 Å². The molecule has 0 unspecified atom stereocenters. The number of aromatic nitrogens is 1. The lowest BCUT2D eigenvalue weighted by molar-refractivity contribution is 0.102. The summed E-state index contributed by atoms with van der Waals surface area (Å²) in [6, 6.07) is 17.5. The van der Waals surface area contributed by atoms with Crippen molar-refractivity contribution in [2.75, 3.05) is 12.4 Å². The van der Waals surface area contributed by atoms with Crippen molar-refractivity contribution in [2.24, 2.45) is 0 Å². The maximum atomic E-state index is 12.7. The lowest BCUT2D eigenvalue weighted by Gasteiger charge is -2.19. The second-order valence-corrected chi connectivity index (χ2v) is 7.85. The number of nitrogens with one attached hydrogen (secondary N) is 1. The first-order valence-electron chi connectivity index (χ1n) is 9.31. The Morgan fingerprint density at radius 1 is 1.04 bits per heavy atom. The fourth-order valence-electron chi connectivity index (χ4n) is 3.09. The van der Waals surface area contributed by atoms with Gasteiger partial charge in [-0.05, 0) is 58.9 Å². The molecule has 144 valence electrons. The van der Waals surface area contributed by atoms with Crippen molar-refractivity contribution in [1.29, 1.82) is 0 Å². The molecule has 4 nitrogen and oxygen atoms in total. The molecule has 3 aromatic rings. The van der Waals surface area contributed by atoms with E-state index in [1.807, 2.05) is 61.5 Å². The van der Waals surface area contributed by atoms with Gasteiger partial charge < -0.3 is 10.1 Å². The van der Waals surface area contributed by atoms with Gasteiger partial charge in [-0.2, -0.15) is 0 Å². The van der Waals surface area contributed by atoms with Crippen LogP contribution in [-0.4, -0.2) is 18.0 Å². The van der Waals surface area contributed by atoms with E-state index >= 15 is 0 Å². The van der Waals surface area contributed by atoms with Gasteiger partial charge in [-0.1, -0.05) is 45.0 Å². The summed E-state index contributed by atoms with van der Waals surface area (Å²) in [5.74, 6) is 0.443. The smallest absolute Gasteiger partial charge is 0.255 e. The molecule has 1 aromatic heterocycles. The number of hydrogen-bond donors (Lipinski definition) is 1. The molecule has 28 heavy (non-hydrogen) atoms. The Labute approximate surface area is 166 Å². The third-order valence-electron chi connectivity index (χ3n) is 4.85. The number of ether oxygens (including phenoxy) is 1. The number of hydrogen-bond acceptors (Lipinski definition) is 3.